The Balaban J connectivity index is 2.45. The van der Waals surface area contributed by atoms with Gasteiger partial charge in [-0.1, -0.05) is 23.7 Å². The molecule has 3 aromatic rings. The smallest absolute Gasteiger partial charge is 0.250 e. The number of rotatable bonds is 1. The zero-order valence-corrected chi connectivity index (χ0v) is 11.9. The van der Waals surface area contributed by atoms with Crippen LogP contribution in [0.4, 0.5) is 17.6 Å². The molecule has 2 aromatic heterocycles. The Morgan fingerprint density at radius 1 is 1.18 bits per heavy atom. The Morgan fingerprint density at radius 3 is 2.50 bits per heavy atom. The third-order valence-corrected chi connectivity index (χ3v) is 3.39. The molecule has 0 saturated heterocycles. The van der Waals surface area contributed by atoms with Crippen LogP contribution in [0.5, 0.6) is 0 Å². The molecule has 0 amide bonds. The Hall–Kier alpha value is -2.15. The molecule has 22 heavy (non-hydrogen) atoms. The number of hydrogen-bond donors (Lipinski definition) is 0. The minimum absolute atomic E-state index is 0.0253. The molecule has 1 aromatic carbocycles. The number of fused-ring (bicyclic) bond motifs is 1. The van der Waals surface area contributed by atoms with E-state index in [9.17, 15) is 17.6 Å². The van der Waals surface area contributed by atoms with E-state index in [1.807, 2.05) is 0 Å². The molecule has 0 atom stereocenters. The zero-order chi connectivity index (χ0) is 16.1. The van der Waals surface area contributed by atoms with Crippen LogP contribution in [0.2, 0.25) is 5.15 Å². The highest BCUT2D eigenvalue weighted by molar-refractivity contribution is 6.30. The highest BCUT2D eigenvalue weighted by Crippen LogP contribution is 2.40. The second kappa shape index (κ2) is 4.95. The van der Waals surface area contributed by atoms with Crippen molar-refractivity contribution in [2.45, 2.75) is 6.18 Å². The fraction of sp³-hybridized carbons (Fsp3) is 0.143. The summed E-state index contributed by atoms with van der Waals surface area (Å²) in [7, 11) is 1.43. The van der Waals surface area contributed by atoms with E-state index in [-0.39, 0.29) is 27.4 Å². The fourth-order valence-corrected chi connectivity index (χ4v) is 2.47. The van der Waals surface area contributed by atoms with E-state index in [0.717, 1.165) is 16.8 Å². The maximum absolute atomic E-state index is 13.9. The molecular weight excluding hydrogens is 322 g/mol. The van der Waals surface area contributed by atoms with Crippen LogP contribution in [0, 0.1) is 5.82 Å². The Labute approximate surface area is 127 Å². The molecule has 114 valence electrons. The van der Waals surface area contributed by atoms with Crippen molar-refractivity contribution < 1.29 is 17.6 Å². The van der Waals surface area contributed by atoms with Crippen molar-refractivity contribution >= 4 is 22.6 Å². The Kier molecular flexibility index (Phi) is 3.32. The molecule has 0 spiro atoms. The van der Waals surface area contributed by atoms with Gasteiger partial charge in [-0.2, -0.15) is 18.3 Å². The number of aryl methyl sites for hydroxylation is 1. The van der Waals surface area contributed by atoms with Gasteiger partial charge in [0.2, 0.25) is 0 Å². The average molecular weight is 330 g/mol. The first-order chi connectivity index (χ1) is 10.3. The monoisotopic (exact) mass is 329 g/mol. The predicted octanol–water partition coefficient (Wildman–Crippen LogP) is 4.45. The lowest BCUT2D eigenvalue weighted by Gasteiger charge is -2.09. The van der Waals surface area contributed by atoms with Crippen molar-refractivity contribution in [1.82, 2.24) is 14.8 Å². The van der Waals surface area contributed by atoms with Crippen molar-refractivity contribution in [3.63, 3.8) is 0 Å². The normalized spacial score (nSPS) is 12.1. The lowest BCUT2D eigenvalue weighted by molar-refractivity contribution is -0.136. The minimum atomic E-state index is -4.66. The lowest BCUT2D eigenvalue weighted by atomic mass is 10.0. The lowest BCUT2D eigenvalue weighted by Crippen LogP contribution is -2.07. The molecule has 0 N–H and O–H groups in total. The van der Waals surface area contributed by atoms with Gasteiger partial charge in [0.25, 0.3) is 0 Å². The van der Waals surface area contributed by atoms with Gasteiger partial charge < -0.3 is 0 Å². The molecule has 0 aliphatic carbocycles. The van der Waals surface area contributed by atoms with Crippen LogP contribution in [0.25, 0.3) is 22.3 Å². The summed E-state index contributed by atoms with van der Waals surface area (Å²) in [5.41, 5.74) is -1.19. The summed E-state index contributed by atoms with van der Waals surface area (Å²) >= 11 is 5.66. The van der Waals surface area contributed by atoms with Crippen LogP contribution in [0.3, 0.4) is 0 Å². The summed E-state index contributed by atoms with van der Waals surface area (Å²) in [6, 6.07) is 6.22. The summed E-state index contributed by atoms with van der Waals surface area (Å²) in [5.74, 6) is -0.662. The topological polar surface area (TPSA) is 30.7 Å². The second-order valence-electron chi connectivity index (χ2n) is 4.64. The van der Waals surface area contributed by atoms with Crippen molar-refractivity contribution in [3.8, 4) is 11.3 Å². The van der Waals surface area contributed by atoms with Crippen LogP contribution in [-0.4, -0.2) is 14.8 Å². The molecular formula is C14H8ClF4N3. The van der Waals surface area contributed by atoms with Crippen LogP contribution >= 0.6 is 11.6 Å². The van der Waals surface area contributed by atoms with E-state index in [1.54, 1.807) is 0 Å². The minimum Gasteiger partial charge on any atom is -0.250 e. The Morgan fingerprint density at radius 2 is 1.86 bits per heavy atom. The molecule has 0 aliphatic rings. The molecule has 2 heterocycles. The first-order valence-corrected chi connectivity index (χ1v) is 6.52. The average Bonchev–Trinajstić information content (AvgIpc) is 2.75. The fourth-order valence-electron chi connectivity index (χ4n) is 2.28. The first-order valence-electron chi connectivity index (χ1n) is 6.14. The highest BCUT2D eigenvalue weighted by Gasteiger charge is 2.36. The number of hydrogen-bond acceptors (Lipinski definition) is 2. The molecule has 3 nitrogen and oxygen atoms in total. The van der Waals surface area contributed by atoms with E-state index >= 15 is 0 Å². The van der Waals surface area contributed by atoms with Crippen molar-refractivity contribution in [2.75, 3.05) is 0 Å². The number of nitrogens with zero attached hydrogens (tertiary/aromatic N) is 3. The van der Waals surface area contributed by atoms with Gasteiger partial charge >= 0.3 is 6.18 Å². The van der Waals surface area contributed by atoms with Gasteiger partial charge in [-0.3, -0.25) is 0 Å². The van der Waals surface area contributed by atoms with E-state index < -0.39 is 17.6 Å². The SMILES string of the molecule is Cn1nc(-c2ccccc2F)c2c(C(F)(F)F)cc(Cl)nc21. The van der Waals surface area contributed by atoms with Crippen molar-refractivity contribution in [1.29, 1.82) is 0 Å². The number of benzene rings is 1. The number of pyridine rings is 1. The summed E-state index contributed by atoms with van der Waals surface area (Å²) < 4.78 is 55.0. The van der Waals surface area contributed by atoms with Gasteiger partial charge in [-0.15, -0.1) is 0 Å². The van der Waals surface area contributed by atoms with Gasteiger partial charge in [-0.25, -0.2) is 14.1 Å². The highest BCUT2D eigenvalue weighted by atomic mass is 35.5. The number of aromatic nitrogens is 3. The summed E-state index contributed by atoms with van der Waals surface area (Å²) in [5, 5.41) is 3.42. The predicted molar refractivity (Wildman–Crippen MR) is 73.9 cm³/mol. The van der Waals surface area contributed by atoms with Gasteiger partial charge in [0, 0.05) is 12.6 Å². The van der Waals surface area contributed by atoms with Gasteiger partial charge in [0.1, 0.15) is 16.7 Å². The molecule has 0 unspecified atom stereocenters. The standard InChI is InChI=1S/C14H8ClF4N3/c1-22-13-11(8(14(17,18)19)6-10(15)20-13)12(21-22)7-4-2-3-5-9(7)16/h2-6H,1H3. The second-order valence-corrected chi connectivity index (χ2v) is 5.03. The van der Waals surface area contributed by atoms with Crippen LogP contribution in [0.15, 0.2) is 30.3 Å². The van der Waals surface area contributed by atoms with Crippen LogP contribution < -0.4 is 0 Å². The maximum Gasteiger partial charge on any atom is 0.417 e. The molecule has 0 radical (unpaired) electrons. The van der Waals surface area contributed by atoms with E-state index in [4.69, 9.17) is 11.6 Å². The molecule has 0 bridgehead atoms. The Bertz CT molecular complexity index is 870. The molecule has 0 aliphatic heterocycles. The third kappa shape index (κ3) is 2.31. The van der Waals surface area contributed by atoms with Gasteiger partial charge in [0.05, 0.1) is 10.9 Å². The maximum atomic E-state index is 13.9. The molecule has 0 saturated carbocycles. The van der Waals surface area contributed by atoms with Crippen molar-refractivity contribution in [3.05, 3.63) is 46.9 Å². The van der Waals surface area contributed by atoms with Gasteiger partial charge in [0.15, 0.2) is 5.65 Å². The molecule has 8 heteroatoms. The van der Waals surface area contributed by atoms with E-state index in [1.165, 1.54) is 25.2 Å². The van der Waals surface area contributed by atoms with Gasteiger partial charge in [-0.05, 0) is 18.2 Å². The summed E-state index contributed by atoms with van der Waals surface area (Å²) in [4.78, 5) is 3.87. The largest absolute Gasteiger partial charge is 0.417 e. The van der Waals surface area contributed by atoms with Crippen molar-refractivity contribution in [2.24, 2.45) is 7.05 Å². The third-order valence-electron chi connectivity index (χ3n) is 3.20. The molecule has 3 rings (SSSR count). The van der Waals surface area contributed by atoms with Crippen LogP contribution in [-0.2, 0) is 13.2 Å². The molecule has 0 fully saturated rings. The quantitative estimate of drug-likeness (QED) is 0.488. The van der Waals surface area contributed by atoms with E-state index in [0.29, 0.717) is 0 Å². The summed E-state index contributed by atoms with van der Waals surface area (Å²) in [6.45, 7) is 0. The summed E-state index contributed by atoms with van der Waals surface area (Å²) in [6.07, 6.45) is -4.66. The van der Waals surface area contributed by atoms with Crippen LogP contribution in [0.1, 0.15) is 5.56 Å². The number of halogens is 5. The number of alkyl halides is 3. The van der Waals surface area contributed by atoms with E-state index in [2.05, 4.69) is 10.1 Å². The first kappa shape index (κ1) is 14.8. The zero-order valence-electron chi connectivity index (χ0n) is 11.1.